The molecule has 24 heavy (non-hydrogen) atoms. The van der Waals surface area contributed by atoms with Gasteiger partial charge in [-0.15, -0.1) is 11.6 Å². The number of halogens is 1. The summed E-state index contributed by atoms with van der Waals surface area (Å²) >= 11 is 7.51. The summed E-state index contributed by atoms with van der Waals surface area (Å²) in [4.78, 5) is 2.47. The van der Waals surface area contributed by atoms with E-state index < -0.39 is 0 Å². The molecule has 0 saturated carbocycles. The minimum Gasteiger partial charge on any atom is -0.193 e. The molecule has 0 aliphatic carbocycles. The van der Waals surface area contributed by atoms with Gasteiger partial charge < -0.3 is 0 Å². The first-order valence-electron chi connectivity index (χ1n) is 8.28. The molecule has 2 rings (SSSR count). The van der Waals surface area contributed by atoms with Gasteiger partial charge in [0.15, 0.2) is 0 Å². The van der Waals surface area contributed by atoms with Crippen molar-refractivity contribution in [2.45, 2.75) is 41.4 Å². The minimum atomic E-state index is 0.302. The number of hydrogen-bond donors (Lipinski definition) is 0. The Kier molecular flexibility index (Phi) is 8.52. The first-order valence-corrected chi connectivity index (χ1v) is 9.63. The molecular weight excluding hydrogens is 334 g/mol. The average molecular weight is 356 g/mol. The predicted octanol–water partition coefficient (Wildman–Crippen LogP) is 6.80. The maximum atomic E-state index is 8.82. The molecule has 0 bridgehead atoms. The van der Waals surface area contributed by atoms with Crippen LogP contribution in [0.1, 0.15) is 37.2 Å². The Labute approximate surface area is 154 Å². The molecule has 2 aromatic rings. The van der Waals surface area contributed by atoms with Crippen LogP contribution in [0.4, 0.5) is 0 Å². The molecular formula is C21H22ClNS. The predicted molar refractivity (Wildman–Crippen MR) is 104 cm³/mol. The van der Waals surface area contributed by atoms with Crippen molar-refractivity contribution in [3.05, 3.63) is 72.3 Å². The van der Waals surface area contributed by atoms with Gasteiger partial charge in [0.1, 0.15) is 0 Å². The van der Waals surface area contributed by atoms with Gasteiger partial charge in [0.05, 0.1) is 6.07 Å². The zero-order valence-electron chi connectivity index (χ0n) is 13.7. The van der Waals surface area contributed by atoms with Crippen molar-refractivity contribution in [3.63, 3.8) is 0 Å². The van der Waals surface area contributed by atoms with Gasteiger partial charge in [-0.1, -0.05) is 61.0 Å². The number of nitriles is 1. The molecule has 0 aromatic heterocycles. The van der Waals surface area contributed by atoms with Crippen molar-refractivity contribution in [1.29, 1.82) is 5.26 Å². The first kappa shape index (κ1) is 18.6. The highest BCUT2D eigenvalue weighted by atomic mass is 35.5. The molecule has 0 heterocycles. The molecule has 0 unspecified atom stereocenters. The van der Waals surface area contributed by atoms with Crippen LogP contribution in [-0.2, 0) is 0 Å². The molecule has 0 saturated heterocycles. The zero-order chi connectivity index (χ0) is 17.0. The molecule has 0 N–H and O–H groups in total. The second kappa shape index (κ2) is 11.0. The largest absolute Gasteiger partial charge is 0.193 e. The van der Waals surface area contributed by atoms with Crippen molar-refractivity contribution < 1.29 is 0 Å². The third kappa shape index (κ3) is 6.43. The van der Waals surface area contributed by atoms with E-state index in [1.54, 1.807) is 17.8 Å². The van der Waals surface area contributed by atoms with Crippen LogP contribution in [0.5, 0.6) is 0 Å². The van der Waals surface area contributed by atoms with Crippen LogP contribution in [0.2, 0.25) is 0 Å². The highest BCUT2D eigenvalue weighted by Gasteiger charge is 2.08. The molecule has 0 amide bonds. The van der Waals surface area contributed by atoms with Crippen molar-refractivity contribution in [1.82, 2.24) is 0 Å². The lowest BCUT2D eigenvalue weighted by Gasteiger charge is -2.13. The molecule has 1 atom stereocenters. The first-order chi connectivity index (χ1) is 11.8. The fourth-order valence-corrected chi connectivity index (χ4v) is 3.60. The summed E-state index contributed by atoms with van der Waals surface area (Å²) in [6.45, 7) is 0. The van der Waals surface area contributed by atoms with Gasteiger partial charge in [-0.2, -0.15) is 5.26 Å². The number of benzene rings is 2. The summed E-state index contributed by atoms with van der Waals surface area (Å²) in [5.41, 5.74) is 1.27. The Morgan fingerprint density at radius 1 is 0.958 bits per heavy atom. The van der Waals surface area contributed by atoms with Gasteiger partial charge in [0.25, 0.3) is 0 Å². The van der Waals surface area contributed by atoms with Gasteiger partial charge in [0.2, 0.25) is 0 Å². The number of nitrogens with zero attached hydrogens (tertiary/aromatic N) is 1. The lowest BCUT2D eigenvalue weighted by Crippen LogP contribution is -1.96. The Morgan fingerprint density at radius 3 is 2.33 bits per heavy atom. The lowest BCUT2D eigenvalue weighted by atomic mass is 9.93. The molecule has 3 heteroatoms. The second-order valence-corrected chi connectivity index (χ2v) is 7.14. The molecule has 2 aromatic carbocycles. The van der Waals surface area contributed by atoms with Crippen LogP contribution in [0.3, 0.4) is 0 Å². The average Bonchev–Trinajstić information content (AvgIpc) is 2.63. The Balaban J connectivity index is 2.01. The summed E-state index contributed by atoms with van der Waals surface area (Å²) in [6.07, 6.45) is 8.00. The van der Waals surface area contributed by atoms with Gasteiger partial charge >= 0.3 is 0 Å². The third-order valence-corrected chi connectivity index (χ3v) is 5.12. The fraction of sp³-hybridized carbons (Fsp3) is 0.286. The smallest absolute Gasteiger partial charge is 0.0908 e. The monoisotopic (exact) mass is 355 g/mol. The van der Waals surface area contributed by atoms with Crippen molar-refractivity contribution >= 4 is 23.4 Å². The van der Waals surface area contributed by atoms with Crippen molar-refractivity contribution in [2.24, 2.45) is 0 Å². The van der Waals surface area contributed by atoms with Gasteiger partial charge in [-0.25, -0.2) is 0 Å². The summed E-state index contributed by atoms with van der Waals surface area (Å²) in [6, 6.07) is 21.2. The van der Waals surface area contributed by atoms with Gasteiger partial charge in [-0.3, -0.25) is 0 Å². The summed E-state index contributed by atoms with van der Waals surface area (Å²) in [7, 11) is 0. The van der Waals surface area contributed by atoms with E-state index in [1.165, 1.54) is 15.4 Å². The number of allylic oxidation sites excluding steroid dienone is 2. The normalized spacial score (nSPS) is 12.2. The highest BCUT2D eigenvalue weighted by Crippen LogP contribution is 2.30. The second-order valence-electron chi connectivity index (χ2n) is 5.62. The van der Waals surface area contributed by atoms with Crippen LogP contribution in [-0.4, -0.2) is 5.88 Å². The number of alkyl halides is 1. The molecule has 0 aliphatic heterocycles. The van der Waals surface area contributed by atoms with E-state index in [4.69, 9.17) is 16.9 Å². The number of hydrogen-bond acceptors (Lipinski definition) is 2. The maximum Gasteiger partial charge on any atom is 0.0908 e. The maximum absolute atomic E-state index is 8.82. The number of rotatable bonds is 9. The summed E-state index contributed by atoms with van der Waals surface area (Å²) < 4.78 is 0. The summed E-state index contributed by atoms with van der Waals surface area (Å²) in [5.74, 6) is 1.03. The van der Waals surface area contributed by atoms with Gasteiger partial charge in [-0.05, 0) is 42.7 Å². The van der Waals surface area contributed by atoms with E-state index >= 15 is 0 Å². The van der Waals surface area contributed by atoms with Crippen molar-refractivity contribution in [3.8, 4) is 6.07 Å². The minimum absolute atomic E-state index is 0.302. The van der Waals surface area contributed by atoms with Crippen LogP contribution in [0.15, 0.2) is 76.5 Å². The molecule has 124 valence electrons. The van der Waals surface area contributed by atoms with Gasteiger partial charge in [0, 0.05) is 27.7 Å². The van der Waals surface area contributed by atoms with E-state index in [-0.39, 0.29) is 0 Å². The Hall–Kier alpha value is -1.69. The summed E-state index contributed by atoms with van der Waals surface area (Å²) in [5, 5.41) is 8.82. The fourth-order valence-electron chi connectivity index (χ4n) is 2.58. The van der Waals surface area contributed by atoms with E-state index in [0.29, 0.717) is 5.92 Å². The van der Waals surface area contributed by atoms with Crippen LogP contribution < -0.4 is 0 Å². The zero-order valence-corrected chi connectivity index (χ0v) is 15.3. The molecule has 0 spiro atoms. The quantitative estimate of drug-likeness (QED) is 0.280. The van der Waals surface area contributed by atoms with E-state index in [0.717, 1.165) is 31.6 Å². The number of unbranched alkanes of at least 4 members (excludes halogenated alkanes) is 2. The molecule has 0 fully saturated rings. The SMILES string of the molecule is N#C/C=C/[C@H](CCCCCCl)c1ccc(Sc2ccccc2)cc1. The highest BCUT2D eigenvalue weighted by molar-refractivity contribution is 7.99. The van der Waals surface area contributed by atoms with Crippen LogP contribution >= 0.6 is 23.4 Å². The molecule has 0 radical (unpaired) electrons. The van der Waals surface area contributed by atoms with E-state index in [2.05, 4.69) is 54.6 Å². The Bertz CT molecular complexity index is 658. The van der Waals surface area contributed by atoms with Crippen molar-refractivity contribution in [2.75, 3.05) is 5.88 Å². The Morgan fingerprint density at radius 2 is 1.67 bits per heavy atom. The molecule has 0 aliphatic rings. The third-order valence-electron chi connectivity index (χ3n) is 3.84. The molecule has 1 nitrogen and oxygen atoms in total. The van der Waals surface area contributed by atoms with E-state index in [9.17, 15) is 0 Å². The van der Waals surface area contributed by atoms with Crippen LogP contribution in [0, 0.1) is 11.3 Å². The topological polar surface area (TPSA) is 23.8 Å². The van der Waals surface area contributed by atoms with E-state index in [1.807, 2.05) is 12.1 Å². The standard InChI is InChI=1S/C21H22ClNS/c22-16-6-2-3-8-18(9-7-17-23)19-12-14-21(15-13-19)24-20-10-4-1-5-11-20/h1,4-5,7,9-15,18H,2-3,6,8,16H2/b9-7+/t18-/m0/s1. The lowest BCUT2D eigenvalue weighted by molar-refractivity contribution is 0.630. The van der Waals surface area contributed by atoms with Crippen LogP contribution in [0.25, 0.3) is 0 Å².